The van der Waals surface area contributed by atoms with E-state index >= 15 is 0 Å². The predicted molar refractivity (Wildman–Crippen MR) is 59.5 cm³/mol. The van der Waals surface area contributed by atoms with E-state index in [1.54, 1.807) is 0 Å². The van der Waals surface area contributed by atoms with E-state index in [1.807, 2.05) is 0 Å². The van der Waals surface area contributed by atoms with E-state index in [0.29, 0.717) is 0 Å². The topological polar surface area (TPSA) is 0 Å². The minimum absolute atomic E-state index is 0.923. The van der Waals surface area contributed by atoms with Gasteiger partial charge in [-0.3, -0.25) is 0 Å². The normalized spacial score (nSPS) is 15.1. The first-order valence-corrected chi connectivity index (χ1v) is 10.2. The van der Waals surface area contributed by atoms with Crippen LogP contribution >= 0.6 is 4.95 Å². The molecule has 0 aromatic rings. The molecule has 0 saturated heterocycles. The van der Waals surface area contributed by atoms with Gasteiger partial charge in [0.1, 0.15) is 0 Å². The summed E-state index contributed by atoms with van der Waals surface area (Å²) in [7, 11) is 0. The Kier molecular flexibility index (Phi) is 4.95. The molecule has 0 unspecified atom stereocenters. The summed E-state index contributed by atoms with van der Waals surface area (Å²) in [5.41, 5.74) is 2.77. The van der Waals surface area contributed by atoms with Crippen LogP contribution in [-0.4, -0.2) is 38.7 Å². The summed E-state index contributed by atoms with van der Waals surface area (Å²) >= 11 is 2.47. The van der Waals surface area contributed by atoms with Crippen molar-refractivity contribution in [1.29, 1.82) is 0 Å². The van der Waals surface area contributed by atoms with Crippen molar-refractivity contribution in [2.75, 3.05) is 0 Å². The first kappa shape index (κ1) is 12.2. The molecule has 0 heterocycles. The Morgan fingerprint density at radius 2 is 0.909 bits per heavy atom. The molecule has 0 nitrogen and oxygen atoms in total. The monoisotopic (exact) mass is 291 g/mol. The van der Waals surface area contributed by atoms with Crippen molar-refractivity contribution >= 4 is 26.7 Å². The van der Waals surface area contributed by atoms with Crippen LogP contribution in [0, 0.1) is 0 Å². The Morgan fingerprint density at radius 1 is 0.727 bits per heavy atom. The molecule has 11 heavy (non-hydrogen) atoms. The van der Waals surface area contributed by atoms with Gasteiger partial charge in [0.2, 0.25) is 0 Å². The van der Waals surface area contributed by atoms with Gasteiger partial charge in [-0.05, 0) is 0 Å². The SMILES string of the molecule is CC(C)[PH]([Te])(C(C)C)C(C)C. The van der Waals surface area contributed by atoms with Gasteiger partial charge in [-0.25, -0.2) is 0 Å². The van der Waals surface area contributed by atoms with Gasteiger partial charge in [0, 0.05) is 0 Å². The zero-order valence-electron chi connectivity index (χ0n) is 8.64. The van der Waals surface area contributed by atoms with E-state index < -0.39 is 4.95 Å². The molecule has 0 N–H and O–H groups in total. The van der Waals surface area contributed by atoms with Crippen LogP contribution in [0.25, 0.3) is 0 Å². The van der Waals surface area contributed by atoms with Crippen LogP contribution in [0.1, 0.15) is 41.5 Å². The Morgan fingerprint density at radius 3 is 0.909 bits per heavy atom. The maximum atomic E-state index is 2.47. The molecule has 1 radical (unpaired) electrons. The van der Waals surface area contributed by atoms with Crippen molar-refractivity contribution in [3.63, 3.8) is 0 Å². The van der Waals surface area contributed by atoms with Gasteiger partial charge in [0.25, 0.3) is 0 Å². The number of hydrogen-bond donors (Lipinski definition) is 0. The van der Waals surface area contributed by atoms with Gasteiger partial charge >= 0.3 is 85.2 Å². The summed E-state index contributed by atoms with van der Waals surface area (Å²) < 4.78 is 0. The molecule has 0 atom stereocenters. The number of hydrogen-bond acceptors (Lipinski definition) is 0. The molecule has 0 aliphatic rings. The van der Waals surface area contributed by atoms with Crippen LogP contribution in [0.3, 0.4) is 0 Å². The summed E-state index contributed by atoms with van der Waals surface area (Å²) in [6.45, 7) is 14.4. The van der Waals surface area contributed by atoms with Crippen molar-refractivity contribution in [2.24, 2.45) is 0 Å². The van der Waals surface area contributed by atoms with E-state index in [9.17, 15) is 0 Å². The van der Waals surface area contributed by atoms with Gasteiger partial charge < -0.3 is 0 Å². The molecule has 0 spiro atoms. The molecule has 69 valence electrons. The average molecular weight is 289 g/mol. The van der Waals surface area contributed by atoms with Crippen LogP contribution in [0.15, 0.2) is 0 Å². The Labute approximate surface area is 85.1 Å². The first-order valence-electron chi connectivity index (χ1n) is 4.53. The quantitative estimate of drug-likeness (QED) is 0.553. The van der Waals surface area contributed by atoms with Crippen LogP contribution < -0.4 is 0 Å². The van der Waals surface area contributed by atoms with Crippen LogP contribution in [-0.2, 0) is 0 Å². The van der Waals surface area contributed by atoms with Crippen LogP contribution in [0.5, 0.6) is 0 Å². The van der Waals surface area contributed by atoms with Crippen molar-refractivity contribution in [3.05, 3.63) is 0 Å². The third-order valence-corrected chi connectivity index (χ3v) is 20.2. The fourth-order valence-corrected chi connectivity index (χ4v) is 6.00. The molecule has 0 rings (SSSR count). The van der Waals surface area contributed by atoms with Crippen molar-refractivity contribution < 1.29 is 0 Å². The first-order chi connectivity index (χ1) is 4.83. The predicted octanol–water partition coefficient (Wildman–Crippen LogP) is 3.05. The molecule has 2 heteroatoms. The van der Waals surface area contributed by atoms with Crippen molar-refractivity contribution in [2.45, 2.75) is 58.5 Å². The van der Waals surface area contributed by atoms with Crippen molar-refractivity contribution in [3.8, 4) is 0 Å². The molecular formula is C9H22PTe. The fraction of sp³-hybridized carbons (Fsp3) is 1.00. The summed E-state index contributed by atoms with van der Waals surface area (Å²) in [5, 5.41) is 0. The van der Waals surface area contributed by atoms with Crippen molar-refractivity contribution in [1.82, 2.24) is 0 Å². The second kappa shape index (κ2) is 4.45. The molecule has 0 aliphatic heterocycles. The van der Waals surface area contributed by atoms with E-state index in [-0.39, 0.29) is 0 Å². The Hall–Kier alpha value is 1.22. The Balaban J connectivity index is 4.53. The van der Waals surface area contributed by atoms with Gasteiger partial charge in [0.05, 0.1) is 0 Å². The molecule has 0 aromatic heterocycles. The van der Waals surface area contributed by atoms with E-state index in [2.05, 4.69) is 63.3 Å². The van der Waals surface area contributed by atoms with E-state index in [1.165, 1.54) is 0 Å². The minimum atomic E-state index is -0.971. The van der Waals surface area contributed by atoms with Gasteiger partial charge in [-0.2, -0.15) is 0 Å². The van der Waals surface area contributed by atoms with Gasteiger partial charge in [-0.15, -0.1) is 0 Å². The zero-order valence-corrected chi connectivity index (χ0v) is 12.0. The second-order valence-electron chi connectivity index (χ2n) is 4.32. The summed E-state index contributed by atoms with van der Waals surface area (Å²) in [4.78, 5) is -0.971. The third kappa shape index (κ3) is 2.58. The molecule has 0 amide bonds. The van der Waals surface area contributed by atoms with E-state index in [4.69, 9.17) is 0 Å². The molecule has 0 fully saturated rings. The summed E-state index contributed by atoms with van der Waals surface area (Å²) in [6, 6.07) is 0. The summed E-state index contributed by atoms with van der Waals surface area (Å²) in [5.74, 6) is 0. The van der Waals surface area contributed by atoms with Crippen LogP contribution in [0.2, 0.25) is 0 Å². The molecule has 0 saturated carbocycles. The molecule has 0 aromatic carbocycles. The second-order valence-corrected chi connectivity index (χ2v) is 15.5. The zero-order chi connectivity index (χ0) is 9.23. The standard InChI is InChI=1S/C9H22PTe/c1-7(2)10(11,8(3)4)9(5)6/h7-10H,1-6H3. The molecule has 0 bridgehead atoms. The van der Waals surface area contributed by atoms with E-state index in [0.717, 1.165) is 17.0 Å². The average Bonchev–Trinajstić information content (AvgIpc) is 1.84. The van der Waals surface area contributed by atoms with Gasteiger partial charge in [-0.1, -0.05) is 0 Å². The van der Waals surface area contributed by atoms with Gasteiger partial charge in [0.15, 0.2) is 0 Å². The summed E-state index contributed by atoms with van der Waals surface area (Å²) in [6.07, 6.45) is 0. The Bertz CT molecular complexity index is 97.0. The number of rotatable bonds is 3. The third-order valence-electron chi connectivity index (χ3n) is 2.71. The maximum absolute atomic E-state index is 2.47. The van der Waals surface area contributed by atoms with Crippen LogP contribution in [0.4, 0.5) is 0 Å². The molecular weight excluding hydrogens is 267 g/mol. The fourth-order valence-electron chi connectivity index (χ4n) is 2.00. The molecule has 0 aliphatic carbocycles.